The van der Waals surface area contributed by atoms with Gasteiger partial charge in [-0.25, -0.2) is 0 Å². The van der Waals surface area contributed by atoms with Crippen LogP contribution in [0.3, 0.4) is 0 Å². The summed E-state index contributed by atoms with van der Waals surface area (Å²) in [6.07, 6.45) is -4.24. The Labute approximate surface area is 117 Å². The van der Waals surface area contributed by atoms with Gasteiger partial charge in [-0.2, -0.15) is 13.2 Å². The fourth-order valence-electron chi connectivity index (χ4n) is 1.12. The number of benzene rings is 1. The van der Waals surface area contributed by atoms with E-state index >= 15 is 0 Å². The molecule has 0 fully saturated rings. The van der Waals surface area contributed by atoms with Gasteiger partial charge in [0.25, 0.3) is 0 Å². The Morgan fingerprint density at radius 3 is 2.17 bits per heavy atom. The van der Waals surface area contributed by atoms with Crippen LogP contribution >= 0.6 is 34.8 Å². The van der Waals surface area contributed by atoms with Crippen molar-refractivity contribution in [1.29, 1.82) is 0 Å². The zero-order chi connectivity index (χ0) is 13.8. The van der Waals surface area contributed by atoms with Crippen LogP contribution < -0.4 is 10.1 Å². The fraction of sp³-hybridized carbons (Fsp3) is 0.400. The first-order valence-corrected chi connectivity index (χ1v) is 5.98. The van der Waals surface area contributed by atoms with E-state index in [4.69, 9.17) is 39.5 Å². The average Bonchev–Trinajstić information content (AvgIpc) is 2.19. The van der Waals surface area contributed by atoms with E-state index in [9.17, 15) is 13.2 Å². The maximum absolute atomic E-state index is 11.8. The number of alkyl halides is 3. The molecule has 18 heavy (non-hydrogen) atoms. The molecule has 1 N–H and O–H groups in total. The van der Waals surface area contributed by atoms with Crippen LogP contribution in [0.1, 0.15) is 0 Å². The van der Waals surface area contributed by atoms with Gasteiger partial charge in [0.05, 0.1) is 16.6 Å². The van der Waals surface area contributed by atoms with Crippen molar-refractivity contribution in [3.8, 4) is 5.75 Å². The highest BCUT2D eigenvalue weighted by atomic mass is 35.5. The largest absolute Gasteiger partial charge is 0.489 e. The van der Waals surface area contributed by atoms with Crippen LogP contribution in [0.15, 0.2) is 12.1 Å². The van der Waals surface area contributed by atoms with Crippen LogP contribution in [-0.2, 0) is 0 Å². The highest BCUT2D eigenvalue weighted by molar-refractivity contribution is 6.40. The molecule has 1 aromatic carbocycles. The Kier molecular flexibility index (Phi) is 5.85. The Balaban J connectivity index is 2.41. The van der Waals surface area contributed by atoms with Gasteiger partial charge in [0.1, 0.15) is 6.61 Å². The molecule has 0 unspecified atom stereocenters. The molecular formula is C10H9Cl3F3NO. The minimum Gasteiger partial charge on any atom is -0.489 e. The molecule has 0 aliphatic rings. The van der Waals surface area contributed by atoms with E-state index in [2.05, 4.69) is 5.32 Å². The van der Waals surface area contributed by atoms with E-state index in [1.807, 2.05) is 0 Å². The third kappa shape index (κ3) is 5.52. The summed E-state index contributed by atoms with van der Waals surface area (Å²) < 4.78 is 40.6. The van der Waals surface area contributed by atoms with Crippen molar-refractivity contribution in [2.75, 3.05) is 19.7 Å². The summed E-state index contributed by atoms with van der Waals surface area (Å²) in [5.74, 6) is 0.205. The summed E-state index contributed by atoms with van der Waals surface area (Å²) in [6.45, 7) is -1.04. The minimum atomic E-state index is -4.24. The standard InChI is InChI=1S/C10H9Cl3F3NO/c11-6-3-7(12)9(8(13)4-6)18-2-1-17-5-10(14,15)16/h3-4,17H,1-2,5H2. The van der Waals surface area contributed by atoms with Gasteiger partial charge in [-0.05, 0) is 12.1 Å². The third-order valence-electron chi connectivity index (χ3n) is 1.81. The molecule has 0 aromatic heterocycles. The predicted octanol–water partition coefficient (Wildman–Crippen LogP) is 4.18. The highest BCUT2D eigenvalue weighted by Gasteiger charge is 2.25. The second-order valence-corrected chi connectivity index (χ2v) is 4.59. The van der Waals surface area contributed by atoms with Crippen LogP contribution in [0.25, 0.3) is 0 Å². The second kappa shape index (κ2) is 6.70. The SMILES string of the molecule is FC(F)(F)CNCCOc1c(Cl)cc(Cl)cc1Cl. The number of hydrogen-bond donors (Lipinski definition) is 1. The van der Waals surface area contributed by atoms with Crippen LogP contribution in [0, 0.1) is 0 Å². The lowest BCUT2D eigenvalue weighted by Gasteiger charge is -2.11. The zero-order valence-corrected chi connectivity index (χ0v) is 11.2. The van der Waals surface area contributed by atoms with Crippen LogP contribution in [0.4, 0.5) is 13.2 Å². The van der Waals surface area contributed by atoms with E-state index in [1.54, 1.807) is 0 Å². The van der Waals surface area contributed by atoms with E-state index in [-0.39, 0.29) is 28.9 Å². The average molecular weight is 323 g/mol. The van der Waals surface area contributed by atoms with Crippen LogP contribution in [0.5, 0.6) is 5.75 Å². The zero-order valence-electron chi connectivity index (χ0n) is 8.95. The van der Waals surface area contributed by atoms with Gasteiger partial charge in [0, 0.05) is 11.6 Å². The molecule has 0 saturated heterocycles. The second-order valence-electron chi connectivity index (χ2n) is 3.34. The smallest absolute Gasteiger partial charge is 0.401 e. The van der Waals surface area contributed by atoms with Gasteiger partial charge < -0.3 is 10.1 Å². The van der Waals surface area contributed by atoms with Crippen molar-refractivity contribution in [3.05, 3.63) is 27.2 Å². The molecule has 0 saturated carbocycles. The molecule has 0 radical (unpaired) electrons. The number of ether oxygens (including phenoxy) is 1. The molecule has 2 nitrogen and oxygen atoms in total. The lowest BCUT2D eigenvalue weighted by atomic mass is 10.3. The summed E-state index contributed by atoms with van der Waals surface area (Å²) in [4.78, 5) is 0. The topological polar surface area (TPSA) is 21.3 Å². The van der Waals surface area contributed by atoms with Gasteiger partial charge in [-0.1, -0.05) is 34.8 Å². The molecule has 0 atom stereocenters. The first kappa shape index (κ1) is 15.7. The van der Waals surface area contributed by atoms with Crippen molar-refractivity contribution in [2.24, 2.45) is 0 Å². The van der Waals surface area contributed by atoms with E-state index < -0.39 is 12.7 Å². The van der Waals surface area contributed by atoms with Crippen molar-refractivity contribution >= 4 is 34.8 Å². The lowest BCUT2D eigenvalue weighted by Crippen LogP contribution is -2.31. The normalized spacial score (nSPS) is 11.7. The van der Waals surface area contributed by atoms with Gasteiger partial charge in [0.2, 0.25) is 0 Å². The molecule has 0 bridgehead atoms. The summed E-state index contributed by atoms with van der Waals surface area (Å²) in [7, 11) is 0. The number of rotatable bonds is 5. The molecule has 1 aromatic rings. The molecule has 0 aliphatic heterocycles. The fourth-order valence-corrected chi connectivity index (χ4v) is 2.05. The summed E-state index contributed by atoms with van der Waals surface area (Å²) in [5, 5.41) is 2.96. The highest BCUT2D eigenvalue weighted by Crippen LogP contribution is 2.35. The van der Waals surface area contributed by atoms with Crippen LogP contribution in [0.2, 0.25) is 15.1 Å². The molecule has 0 spiro atoms. The van der Waals surface area contributed by atoms with Crippen molar-refractivity contribution in [3.63, 3.8) is 0 Å². The predicted molar refractivity (Wildman–Crippen MR) is 65.9 cm³/mol. The third-order valence-corrected chi connectivity index (χ3v) is 2.59. The first-order chi connectivity index (χ1) is 8.29. The number of halogens is 6. The molecule has 1 rings (SSSR count). The van der Waals surface area contributed by atoms with Crippen molar-refractivity contribution in [2.45, 2.75) is 6.18 Å². The van der Waals surface area contributed by atoms with Gasteiger partial charge in [-0.3, -0.25) is 0 Å². The molecule has 8 heteroatoms. The van der Waals surface area contributed by atoms with Crippen molar-refractivity contribution in [1.82, 2.24) is 5.32 Å². The Bertz CT molecular complexity index is 389. The summed E-state index contributed by atoms with van der Waals surface area (Å²) >= 11 is 17.3. The molecule has 0 amide bonds. The molecule has 0 heterocycles. The van der Waals surface area contributed by atoms with E-state index in [0.717, 1.165) is 0 Å². The lowest BCUT2D eigenvalue weighted by molar-refractivity contribution is -0.124. The Morgan fingerprint density at radius 1 is 1.11 bits per heavy atom. The van der Waals surface area contributed by atoms with E-state index in [1.165, 1.54) is 12.1 Å². The Morgan fingerprint density at radius 2 is 1.67 bits per heavy atom. The van der Waals surface area contributed by atoms with Crippen molar-refractivity contribution < 1.29 is 17.9 Å². The number of nitrogens with one attached hydrogen (secondary N) is 1. The maximum atomic E-state index is 11.8. The molecule has 102 valence electrons. The molecular weight excluding hydrogens is 313 g/mol. The minimum absolute atomic E-state index is 0.0111. The maximum Gasteiger partial charge on any atom is 0.401 e. The first-order valence-electron chi connectivity index (χ1n) is 4.84. The molecule has 0 aliphatic carbocycles. The Hall–Kier alpha value is -0.360. The van der Waals surface area contributed by atoms with Gasteiger partial charge in [-0.15, -0.1) is 0 Å². The number of hydrogen-bond acceptors (Lipinski definition) is 2. The quantitative estimate of drug-likeness (QED) is 0.821. The van der Waals surface area contributed by atoms with Crippen LogP contribution in [-0.4, -0.2) is 25.9 Å². The van der Waals surface area contributed by atoms with E-state index in [0.29, 0.717) is 5.02 Å². The summed E-state index contributed by atoms with van der Waals surface area (Å²) in [6, 6.07) is 2.88. The summed E-state index contributed by atoms with van der Waals surface area (Å²) in [5.41, 5.74) is 0. The van der Waals surface area contributed by atoms with Gasteiger partial charge in [0.15, 0.2) is 5.75 Å². The van der Waals surface area contributed by atoms with Gasteiger partial charge >= 0.3 is 6.18 Å². The monoisotopic (exact) mass is 321 g/mol.